The molecule has 0 aliphatic heterocycles. The van der Waals surface area contributed by atoms with Crippen LogP contribution >= 0.6 is 0 Å². The van der Waals surface area contributed by atoms with E-state index in [4.69, 9.17) is 5.11 Å². The van der Waals surface area contributed by atoms with Crippen LogP contribution in [0.3, 0.4) is 0 Å². The summed E-state index contributed by atoms with van der Waals surface area (Å²) in [7, 11) is 0. The summed E-state index contributed by atoms with van der Waals surface area (Å²) in [6.07, 6.45) is 9.12. The lowest BCUT2D eigenvalue weighted by Crippen LogP contribution is -2.24. The van der Waals surface area contributed by atoms with E-state index in [1.54, 1.807) is 0 Å². The summed E-state index contributed by atoms with van der Waals surface area (Å²) in [6, 6.07) is 0. The molecule has 0 radical (unpaired) electrons. The van der Waals surface area contributed by atoms with Gasteiger partial charge in [-0.25, -0.2) is 0 Å². The molecule has 3 nitrogen and oxygen atoms in total. The Balaban J connectivity index is 1.93. The number of carbonyl (C=O) groups is 1. The average Bonchev–Trinajstić information content (AvgIpc) is 2.18. The van der Waals surface area contributed by atoms with Gasteiger partial charge in [-0.05, 0) is 44.7 Å². The summed E-state index contributed by atoms with van der Waals surface area (Å²) in [4.78, 5) is 10.2. The highest BCUT2D eigenvalue weighted by atomic mass is 16.4. The topological polar surface area (TPSA) is 49.3 Å². The highest BCUT2D eigenvalue weighted by Gasteiger charge is 2.08. The fraction of sp³-hybridized carbons (Fsp3) is 0.727. The van der Waals surface area contributed by atoms with E-state index in [1.165, 1.54) is 19.3 Å². The van der Waals surface area contributed by atoms with Gasteiger partial charge < -0.3 is 10.4 Å². The molecule has 1 aliphatic rings. The quantitative estimate of drug-likeness (QED) is 0.504. The Morgan fingerprint density at radius 1 is 1.50 bits per heavy atom. The molecule has 0 saturated heterocycles. The molecule has 0 spiro atoms. The summed E-state index contributed by atoms with van der Waals surface area (Å²) in [5, 5.41) is 11.7. The Morgan fingerprint density at radius 3 is 3.00 bits per heavy atom. The fourth-order valence-corrected chi connectivity index (χ4v) is 1.71. The molecular formula is C11H19NO2. The maximum atomic E-state index is 10.2. The molecule has 1 aliphatic carbocycles. The second kappa shape index (κ2) is 6.60. The van der Waals surface area contributed by atoms with Crippen LogP contribution in [0.25, 0.3) is 0 Å². The average molecular weight is 197 g/mol. The second-order valence-electron chi connectivity index (χ2n) is 3.85. The van der Waals surface area contributed by atoms with E-state index in [2.05, 4.69) is 17.5 Å². The van der Waals surface area contributed by atoms with Crippen molar-refractivity contribution in [1.82, 2.24) is 5.32 Å². The van der Waals surface area contributed by atoms with Crippen LogP contribution in [0, 0.1) is 5.92 Å². The summed E-state index contributed by atoms with van der Waals surface area (Å²) in [5.74, 6) is 0.0530. The summed E-state index contributed by atoms with van der Waals surface area (Å²) in [5.41, 5.74) is 0. The molecule has 0 aromatic heterocycles. The summed E-state index contributed by atoms with van der Waals surface area (Å²) < 4.78 is 0. The molecule has 0 bridgehead atoms. The van der Waals surface area contributed by atoms with Crippen LogP contribution in [0.5, 0.6) is 0 Å². The molecule has 1 atom stereocenters. The number of hydrogen-bond acceptors (Lipinski definition) is 2. The van der Waals surface area contributed by atoms with E-state index in [9.17, 15) is 4.79 Å². The highest BCUT2D eigenvalue weighted by molar-refractivity contribution is 5.66. The van der Waals surface area contributed by atoms with Crippen LogP contribution < -0.4 is 5.32 Å². The molecule has 0 fully saturated rings. The van der Waals surface area contributed by atoms with Crippen LogP contribution in [-0.4, -0.2) is 24.2 Å². The molecular weight excluding hydrogens is 178 g/mol. The van der Waals surface area contributed by atoms with Crippen molar-refractivity contribution in [2.24, 2.45) is 5.92 Å². The van der Waals surface area contributed by atoms with Gasteiger partial charge >= 0.3 is 5.97 Å². The molecule has 80 valence electrons. The standard InChI is InChI=1S/C11H19NO2/c13-11(14)7-4-8-12-9-10-5-2-1-3-6-10/h1-2,10,12H,3-9H2,(H,13,14). The van der Waals surface area contributed by atoms with Gasteiger partial charge in [0.15, 0.2) is 0 Å². The molecule has 0 saturated carbocycles. The van der Waals surface area contributed by atoms with E-state index < -0.39 is 5.97 Å². The number of carboxylic acid groups (broad SMARTS) is 1. The predicted molar refractivity (Wildman–Crippen MR) is 56.2 cm³/mol. The van der Waals surface area contributed by atoms with Crippen molar-refractivity contribution in [3.8, 4) is 0 Å². The normalized spacial score (nSPS) is 21.0. The first-order chi connectivity index (χ1) is 6.79. The summed E-state index contributed by atoms with van der Waals surface area (Å²) >= 11 is 0. The largest absolute Gasteiger partial charge is 0.481 e. The van der Waals surface area contributed by atoms with Gasteiger partial charge in [-0.2, -0.15) is 0 Å². The molecule has 1 unspecified atom stereocenters. The number of rotatable bonds is 6. The van der Waals surface area contributed by atoms with Gasteiger partial charge in [0.25, 0.3) is 0 Å². The first-order valence-electron chi connectivity index (χ1n) is 5.36. The summed E-state index contributed by atoms with van der Waals surface area (Å²) in [6.45, 7) is 1.86. The number of carboxylic acids is 1. The smallest absolute Gasteiger partial charge is 0.303 e. The minimum atomic E-state index is -0.701. The highest BCUT2D eigenvalue weighted by Crippen LogP contribution is 2.16. The lowest BCUT2D eigenvalue weighted by atomic mass is 9.94. The monoisotopic (exact) mass is 197 g/mol. The molecule has 0 aromatic carbocycles. The SMILES string of the molecule is O=C(O)CCCNCC1CC=CCC1. The van der Waals surface area contributed by atoms with Crippen molar-refractivity contribution >= 4 is 5.97 Å². The third-order valence-electron chi connectivity index (χ3n) is 2.55. The molecule has 0 heterocycles. The molecule has 3 heteroatoms. The van der Waals surface area contributed by atoms with E-state index >= 15 is 0 Å². The first kappa shape index (κ1) is 11.2. The Hall–Kier alpha value is -0.830. The molecule has 1 rings (SSSR count). The van der Waals surface area contributed by atoms with E-state index in [0.29, 0.717) is 0 Å². The Kier molecular flexibility index (Phi) is 5.30. The van der Waals surface area contributed by atoms with Gasteiger partial charge in [-0.15, -0.1) is 0 Å². The molecule has 14 heavy (non-hydrogen) atoms. The maximum absolute atomic E-state index is 10.2. The zero-order valence-electron chi connectivity index (χ0n) is 8.54. The second-order valence-corrected chi connectivity index (χ2v) is 3.85. The van der Waals surface area contributed by atoms with Crippen molar-refractivity contribution < 1.29 is 9.90 Å². The Morgan fingerprint density at radius 2 is 2.36 bits per heavy atom. The Labute approximate surface area is 85.2 Å². The van der Waals surface area contributed by atoms with E-state index in [-0.39, 0.29) is 6.42 Å². The van der Waals surface area contributed by atoms with Crippen molar-refractivity contribution in [3.63, 3.8) is 0 Å². The lowest BCUT2D eigenvalue weighted by Gasteiger charge is -2.17. The van der Waals surface area contributed by atoms with Crippen LogP contribution in [0.2, 0.25) is 0 Å². The van der Waals surface area contributed by atoms with Crippen LogP contribution in [0.4, 0.5) is 0 Å². The number of allylic oxidation sites excluding steroid dienone is 2. The third kappa shape index (κ3) is 5.02. The first-order valence-corrected chi connectivity index (χ1v) is 5.36. The van der Waals surface area contributed by atoms with Gasteiger partial charge in [0.1, 0.15) is 0 Å². The zero-order valence-corrected chi connectivity index (χ0v) is 8.54. The van der Waals surface area contributed by atoms with Crippen molar-refractivity contribution in [1.29, 1.82) is 0 Å². The van der Waals surface area contributed by atoms with Gasteiger partial charge in [0, 0.05) is 6.42 Å². The minimum absolute atomic E-state index is 0.275. The van der Waals surface area contributed by atoms with Gasteiger partial charge in [0.2, 0.25) is 0 Å². The zero-order chi connectivity index (χ0) is 10.2. The number of nitrogens with one attached hydrogen (secondary N) is 1. The number of aliphatic carboxylic acids is 1. The van der Waals surface area contributed by atoms with Crippen molar-refractivity contribution in [3.05, 3.63) is 12.2 Å². The van der Waals surface area contributed by atoms with Crippen LogP contribution in [0.15, 0.2) is 12.2 Å². The predicted octanol–water partition coefficient (Wildman–Crippen LogP) is 1.80. The third-order valence-corrected chi connectivity index (χ3v) is 2.55. The van der Waals surface area contributed by atoms with Gasteiger partial charge in [-0.1, -0.05) is 12.2 Å². The van der Waals surface area contributed by atoms with Crippen LogP contribution in [-0.2, 0) is 4.79 Å². The molecule has 0 aromatic rings. The van der Waals surface area contributed by atoms with Crippen molar-refractivity contribution in [2.75, 3.05) is 13.1 Å². The van der Waals surface area contributed by atoms with E-state index in [1.807, 2.05) is 0 Å². The number of hydrogen-bond donors (Lipinski definition) is 2. The van der Waals surface area contributed by atoms with Crippen molar-refractivity contribution in [2.45, 2.75) is 32.1 Å². The maximum Gasteiger partial charge on any atom is 0.303 e. The van der Waals surface area contributed by atoms with Gasteiger partial charge in [0.05, 0.1) is 0 Å². The lowest BCUT2D eigenvalue weighted by molar-refractivity contribution is -0.137. The Bertz CT molecular complexity index is 201. The molecule has 0 amide bonds. The fourth-order valence-electron chi connectivity index (χ4n) is 1.71. The molecule has 2 N–H and O–H groups in total. The minimum Gasteiger partial charge on any atom is -0.481 e. The van der Waals surface area contributed by atoms with Crippen LogP contribution in [0.1, 0.15) is 32.1 Å². The van der Waals surface area contributed by atoms with Gasteiger partial charge in [-0.3, -0.25) is 4.79 Å². The van der Waals surface area contributed by atoms with E-state index in [0.717, 1.165) is 25.4 Å².